The predicted molar refractivity (Wildman–Crippen MR) is 60.2 cm³/mol. The molecule has 0 saturated heterocycles. The van der Waals surface area contributed by atoms with Crippen LogP contribution in [0.2, 0.25) is 0 Å². The third kappa shape index (κ3) is 4.97. The zero-order valence-electron chi connectivity index (χ0n) is 9.87. The third-order valence-electron chi connectivity index (χ3n) is 3.14. The zero-order valence-corrected chi connectivity index (χ0v) is 9.87. The quantitative estimate of drug-likeness (QED) is 0.594. The topological polar surface area (TPSA) is 40.5 Å². The van der Waals surface area contributed by atoms with E-state index < -0.39 is 0 Å². The molecular weight excluding hydrogens is 176 g/mol. The minimum Gasteiger partial charge on any atom is -0.396 e. The second kappa shape index (κ2) is 8.25. The summed E-state index contributed by atoms with van der Waals surface area (Å²) >= 11 is 0. The first-order chi connectivity index (χ1) is 6.67. The van der Waals surface area contributed by atoms with Crippen molar-refractivity contribution in [2.45, 2.75) is 59.0 Å². The van der Waals surface area contributed by atoms with Crippen LogP contribution < -0.4 is 0 Å². The summed E-state index contributed by atoms with van der Waals surface area (Å²) in [5, 5.41) is 18.7. The Morgan fingerprint density at radius 1 is 1.14 bits per heavy atom. The molecule has 0 heterocycles. The first-order valence-corrected chi connectivity index (χ1v) is 5.96. The van der Waals surface area contributed by atoms with E-state index in [9.17, 15) is 10.2 Å². The van der Waals surface area contributed by atoms with Gasteiger partial charge in [0.2, 0.25) is 0 Å². The van der Waals surface area contributed by atoms with Crippen molar-refractivity contribution < 1.29 is 10.2 Å². The summed E-state index contributed by atoms with van der Waals surface area (Å²) in [6.07, 6.45) is 5.52. The van der Waals surface area contributed by atoms with Crippen molar-refractivity contribution in [1.82, 2.24) is 0 Å². The third-order valence-corrected chi connectivity index (χ3v) is 3.14. The van der Waals surface area contributed by atoms with Crippen LogP contribution in [-0.2, 0) is 0 Å². The molecule has 3 unspecified atom stereocenters. The highest BCUT2D eigenvalue weighted by molar-refractivity contribution is 4.72. The minimum atomic E-state index is -0.383. The normalized spacial score (nSPS) is 17.8. The maximum Gasteiger partial charge on any atom is 0.0564 e. The predicted octanol–water partition coefficient (Wildman–Crippen LogP) is 2.58. The lowest BCUT2D eigenvalue weighted by molar-refractivity contribution is 0.0394. The van der Waals surface area contributed by atoms with Gasteiger partial charge in [-0.25, -0.2) is 0 Å². The maximum absolute atomic E-state index is 9.51. The fourth-order valence-corrected chi connectivity index (χ4v) is 2.07. The number of rotatable bonds is 8. The van der Waals surface area contributed by atoms with Crippen LogP contribution in [0.4, 0.5) is 0 Å². The molecule has 0 aromatic carbocycles. The molecule has 2 heteroatoms. The number of aliphatic hydroxyl groups excluding tert-OH is 2. The van der Waals surface area contributed by atoms with Crippen molar-refractivity contribution in [1.29, 1.82) is 0 Å². The molecule has 3 atom stereocenters. The number of aliphatic hydroxyl groups is 2. The molecular formula is C12H26O2. The summed E-state index contributed by atoms with van der Waals surface area (Å²) in [6.45, 7) is 6.23. The van der Waals surface area contributed by atoms with Crippen LogP contribution in [0.15, 0.2) is 0 Å². The van der Waals surface area contributed by atoms with Gasteiger partial charge < -0.3 is 10.2 Å². The Bertz CT molecular complexity index is 123. The van der Waals surface area contributed by atoms with Gasteiger partial charge in [0.1, 0.15) is 0 Å². The van der Waals surface area contributed by atoms with Gasteiger partial charge in [-0.3, -0.25) is 0 Å². The van der Waals surface area contributed by atoms with Crippen molar-refractivity contribution in [3.05, 3.63) is 0 Å². The Morgan fingerprint density at radius 2 is 1.79 bits per heavy atom. The van der Waals surface area contributed by atoms with Crippen molar-refractivity contribution in [3.8, 4) is 0 Å². The number of hydrogen-bond acceptors (Lipinski definition) is 2. The Labute approximate surface area is 88.3 Å². The lowest BCUT2D eigenvalue weighted by Crippen LogP contribution is -2.28. The van der Waals surface area contributed by atoms with Crippen LogP contribution in [0, 0.1) is 11.8 Å². The largest absolute Gasteiger partial charge is 0.396 e. The molecule has 0 aliphatic heterocycles. The molecule has 0 rings (SSSR count). The monoisotopic (exact) mass is 202 g/mol. The van der Waals surface area contributed by atoms with E-state index in [-0.39, 0.29) is 18.6 Å². The van der Waals surface area contributed by atoms with Crippen LogP contribution in [0.3, 0.4) is 0 Å². The van der Waals surface area contributed by atoms with E-state index in [4.69, 9.17) is 0 Å². The van der Waals surface area contributed by atoms with Gasteiger partial charge in [-0.15, -0.1) is 0 Å². The number of hydrogen-bond donors (Lipinski definition) is 2. The highest BCUT2D eigenvalue weighted by Crippen LogP contribution is 2.25. The molecule has 0 saturated carbocycles. The van der Waals surface area contributed by atoms with Crippen LogP contribution in [0.25, 0.3) is 0 Å². The minimum absolute atomic E-state index is 0.0665. The fraction of sp³-hybridized carbons (Fsp3) is 1.00. The van der Waals surface area contributed by atoms with Crippen molar-refractivity contribution in [2.24, 2.45) is 11.8 Å². The smallest absolute Gasteiger partial charge is 0.0564 e. The summed E-state index contributed by atoms with van der Waals surface area (Å²) < 4.78 is 0. The van der Waals surface area contributed by atoms with E-state index in [1.807, 2.05) is 0 Å². The van der Waals surface area contributed by atoms with Gasteiger partial charge in [-0.05, 0) is 12.8 Å². The van der Waals surface area contributed by atoms with E-state index in [2.05, 4.69) is 13.8 Å². The molecule has 0 aromatic heterocycles. The van der Waals surface area contributed by atoms with Crippen LogP contribution >= 0.6 is 0 Å². The van der Waals surface area contributed by atoms with Gasteiger partial charge >= 0.3 is 0 Å². The van der Waals surface area contributed by atoms with Crippen LogP contribution in [-0.4, -0.2) is 22.9 Å². The van der Waals surface area contributed by atoms with E-state index in [0.717, 1.165) is 12.8 Å². The Morgan fingerprint density at radius 3 is 2.14 bits per heavy atom. The van der Waals surface area contributed by atoms with Crippen molar-refractivity contribution in [3.63, 3.8) is 0 Å². The molecule has 0 spiro atoms. The second-order valence-corrected chi connectivity index (χ2v) is 4.25. The first-order valence-electron chi connectivity index (χ1n) is 5.96. The highest BCUT2D eigenvalue weighted by Gasteiger charge is 2.22. The molecule has 86 valence electrons. The molecule has 2 nitrogen and oxygen atoms in total. The summed E-state index contributed by atoms with van der Waals surface area (Å²) in [4.78, 5) is 0. The average Bonchev–Trinajstić information content (AvgIpc) is 2.16. The van der Waals surface area contributed by atoms with Crippen LogP contribution in [0.5, 0.6) is 0 Å². The van der Waals surface area contributed by atoms with E-state index in [1.54, 1.807) is 6.92 Å². The van der Waals surface area contributed by atoms with Crippen LogP contribution in [0.1, 0.15) is 52.9 Å². The number of unbranched alkanes of at least 4 members (excludes halogenated alkanes) is 2. The summed E-state index contributed by atoms with van der Waals surface area (Å²) in [6, 6.07) is 0. The highest BCUT2D eigenvalue weighted by atomic mass is 16.3. The van der Waals surface area contributed by atoms with Gasteiger partial charge in [0.15, 0.2) is 0 Å². The Kier molecular flexibility index (Phi) is 8.20. The van der Waals surface area contributed by atoms with Gasteiger partial charge in [-0.1, -0.05) is 46.0 Å². The van der Waals surface area contributed by atoms with E-state index >= 15 is 0 Å². The maximum atomic E-state index is 9.51. The molecule has 0 amide bonds. The SMILES string of the molecule is CCCCCC(CC)C(CO)C(C)O. The molecule has 0 aliphatic carbocycles. The summed E-state index contributed by atoms with van der Waals surface area (Å²) in [5.41, 5.74) is 0. The van der Waals surface area contributed by atoms with Crippen molar-refractivity contribution in [2.75, 3.05) is 6.61 Å². The fourth-order valence-electron chi connectivity index (χ4n) is 2.07. The van der Waals surface area contributed by atoms with Gasteiger partial charge in [0, 0.05) is 12.5 Å². The molecule has 14 heavy (non-hydrogen) atoms. The molecule has 0 aliphatic rings. The summed E-state index contributed by atoms with van der Waals surface area (Å²) in [5.74, 6) is 0.545. The standard InChI is InChI=1S/C12H26O2/c1-4-6-7-8-11(5-2)12(9-13)10(3)14/h10-14H,4-9H2,1-3H3. The van der Waals surface area contributed by atoms with E-state index in [1.165, 1.54) is 19.3 Å². The molecule has 0 bridgehead atoms. The van der Waals surface area contributed by atoms with Gasteiger partial charge in [0.25, 0.3) is 0 Å². The summed E-state index contributed by atoms with van der Waals surface area (Å²) in [7, 11) is 0. The lowest BCUT2D eigenvalue weighted by atomic mass is 9.83. The van der Waals surface area contributed by atoms with E-state index in [0.29, 0.717) is 5.92 Å². The second-order valence-electron chi connectivity index (χ2n) is 4.25. The Hall–Kier alpha value is -0.0800. The first kappa shape index (κ1) is 13.9. The zero-order chi connectivity index (χ0) is 11.0. The lowest BCUT2D eigenvalue weighted by Gasteiger charge is -2.26. The average molecular weight is 202 g/mol. The van der Waals surface area contributed by atoms with Crippen molar-refractivity contribution >= 4 is 0 Å². The molecule has 2 N–H and O–H groups in total. The van der Waals surface area contributed by atoms with Gasteiger partial charge in [0.05, 0.1) is 6.10 Å². The molecule has 0 fully saturated rings. The van der Waals surface area contributed by atoms with Gasteiger partial charge in [-0.2, -0.15) is 0 Å². The molecule has 0 aromatic rings. The molecule has 0 radical (unpaired) electrons. The Balaban J connectivity index is 3.95.